The molecule has 2 N–H and O–H groups in total. The number of halogens is 3. The highest BCUT2D eigenvalue weighted by Gasteiger charge is 2.13. The fraction of sp³-hybridized carbons (Fsp3) is 0.182. The summed E-state index contributed by atoms with van der Waals surface area (Å²) in [5.41, 5.74) is 1.64. The molecule has 0 unspecified atom stereocenters. The number of hydrogen-bond acceptors (Lipinski definition) is 2. The Morgan fingerprint density at radius 2 is 2.18 bits per heavy atom. The number of benzene rings is 1. The van der Waals surface area contributed by atoms with Crippen molar-refractivity contribution >= 4 is 39.1 Å². The van der Waals surface area contributed by atoms with Crippen molar-refractivity contribution in [2.24, 2.45) is 0 Å². The molecule has 6 heteroatoms. The molecule has 1 aromatic carbocycles. The van der Waals surface area contributed by atoms with Gasteiger partial charge in [0.25, 0.3) is 0 Å². The van der Waals surface area contributed by atoms with Crippen LogP contribution in [-0.2, 0) is 6.54 Å². The first-order valence-electron chi connectivity index (χ1n) is 4.96. The van der Waals surface area contributed by atoms with Gasteiger partial charge in [-0.2, -0.15) is 0 Å². The van der Waals surface area contributed by atoms with E-state index in [1.807, 2.05) is 13.1 Å². The van der Waals surface area contributed by atoms with E-state index in [0.717, 1.165) is 21.7 Å². The van der Waals surface area contributed by atoms with Crippen LogP contribution in [0.15, 0.2) is 22.8 Å². The topological polar surface area (TPSA) is 40.7 Å². The Morgan fingerprint density at radius 3 is 2.82 bits per heavy atom. The molecule has 0 atom stereocenters. The highest BCUT2D eigenvalue weighted by molar-refractivity contribution is 9.10. The largest absolute Gasteiger partial charge is 0.335 e. The summed E-state index contributed by atoms with van der Waals surface area (Å²) < 4.78 is 0.812. The van der Waals surface area contributed by atoms with Gasteiger partial charge in [0, 0.05) is 10.6 Å². The van der Waals surface area contributed by atoms with Gasteiger partial charge in [0.15, 0.2) is 0 Å². The minimum absolute atomic E-state index is 0.584. The quantitative estimate of drug-likeness (QED) is 0.894. The van der Waals surface area contributed by atoms with Crippen molar-refractivity contribution in [2.75, 3.05) is 7.05 Å². The molecular formula is C11H10BrCl2N3. The van der Waals surface area contributed by atoms with Gasteiger partial charge in [-0.05, 0) is 41.2 Å². The molecule has 0 spiro atoms. The number of imidazole rings is 1. The summed E-state index contributed by atoms with van der Waals surface area (Å²) in [6.07, 6.45) is 0. The van der Waals surface area contributed by atoms with Gasteiger partial charge in [-0.15, -0.1) is 0 Å². The number of H-pyrrole nitrogens is 1. The molecule has 90 valence electrons. The highest BCUT2D eigenvalue weighted by atomic mass is 79.9. The molecular weight excluding hydrogens is 325 g/mol. The zero-order chi connectivity index (χ0) is 12.4. The molecule has 0 fully saturated rings. The van der Waals surface area contributed by atoms with Crippen molar-refractivity contribution in [3.8, 4) is 11.3 Å². The molecule has 2 aromatic rings. The van der Waals surface area contributed by atoms with Crippen LogP contribution in [0.5, 0.6) is 0 Å². The molecule has 0 amide bonds. The van der Waals surface area contributed by atoms with Gasteiger partial charge in [-0.25, -0.2) is 4.98 Å². The fourth-order valence-electron chi connectivity index (χ4n) is 1.51. The van der Waals surface area contributed by atoms with Gasteiger partial charge in [-0.1, -0.05) is 23.2 Å². The second-order valence-corrected chi connectivity index (χ2v) is 5.14. The van der Waals surface area contributed by atoms with E-state index in [1.54, 1.807) is 12.1 Å². The van der Waals surface area contributed by atoms with Crippen molar-refractivity contribution in [2.45, 2.75) is 6.54 Å². The van der Waals surface area contributed by atoms with E-state index in [2.05, 4.69) is 31.2 Å². The summed E-state index contributed by atoms with van der Waals surface area (Å²) in [4.78, 5) is 7.61. The Balaban J connectivity index is 2.45. The molecule has 0 radical (unpaired) electrons. The fourth-order valence-corrected chi connectivity index (χ4v) is 2.54. The third kappa shape index (κ3) is 2.83. The molecule has 0 aliphatic heterocycles. The molecule has 0 aliphatic rings. The lowest BCUT2D eigenvalue weighted by molar-refractivity contribution is 0.771. The standard InChI is InChI=1S/C11H10BrCl2N3/c1-15-5-9-16-10(11(12)17-9)7-3-2-6(13)4-8(7)14/h2-4,15H,5H2,1H3,(H,16,17). The Labute approximate surface area is 118 Å². The summed E-state index contributed by atoms with van der Waals surface area (Å²) in [6, 6.07) is 5.35. The maximum atomic E-state index is 6.15. The molecule has 17 heavy (non-hydrogen) atoms. The number of hydrogen-bond donors (Lipinski definition) is 2. The summed E-state index contributed by atoms with van der Waals surface area (Å²) in [5, 5.41) is 4.23. The second-order valence-electron chi connectivity index (χ2n) is 3.50. The molecule has 3 nitrogen and oxygen atoms in total. The van der Waals surface area contributed by atoms with Gasteiger partial charge in [0.05, 0.1) is 11.6 Å². The summed E-state index contributed by atoms with van der Waals surface area (Å²) in [5.74, 6) is 0.848. The normalized spacial score (nSPS) is 10.8. The number of nitrogens with zero attached hydrogens (tertiary/aromatic N) is 1. The van der Waals surface area contributed by atoms with E-state index in [9.17, 15) is 0 Å². The van der Waals surface area contributed by atoms with Crippen molar-refractivity contribution in [3.05, 3.63) is 38.7 Å². The average molecular weight is 335 g/mol. The third-order valence-corrected chi connectivity index (χ3v) is 3.36. The van der Waals surface area contributed by atoms with Crippen molar-refractivity contribution in [1.29, 1.82) is 0 Å². The van der Waals surface area contributed by atoms with Gasteiger partial charge < -0.3 is 10.3 Å². The van der Waals surface area contributed by atoms with Crippen LogP contribution in [0.1, 0.15) is 5.82 Å². The Kier molecular flexibility index (Phi) is 4.09. The monoisotopic (exact) mass is 333 g/mol. The van der Waals surface area contributed by atoms with Crippen LogP contribution in [0.25, 0.3) is 11.3 Å². The maximum absolute atomic E-state index is 6.15. The van der Waals surface area contributed by atoms with Crippen LogP contribution in [-0.4, -0.2) is 17.0 Å². The molecule has 0 aliphatic carbocycles. The lowest BCUT2D eigenvalue weighted by Crippen LogP contribution is -2.06. The van der Waals surface area contributed by atoms with Crippen LogP contribution in [0.4, 0.5) is 0 Å². The second kappa shape index (κ2) is 5.40. The van der Waals surface area contributed by atoms with Crippen LogP contribution in [0, 0.1) is 0 Å². The first-order valence-corrected chi connectivity index (χ1v) is 6.51. The van der Waals surface area contributed by atoms with E-state index >= 15 is 0 Å². The van der Waals surface area contributed by atoms with E-state index < -0.39 is 0 Å². The van der Waals surface area contributed by atoms with Crippen molar-refractivity contribution in [1.82, 2.24) is 15.3 Å². The highest BCUT2D eigenvalue weighted by Crippen LogP contribution is 2.33. The SMILES string of the molecule is CNCc1nc(-c2ccc(Cl)cc2Cl)c(Br)[nH]1. The zero-order valence-corrected chi connectivity index (χ0v) is 12.1. The number of aromatic amines is 1. The molecule has 1 aromatic heterocycles. The predicted octanol–water partition coefficient (Wildman–Crippen LogP) is 3.87. The summed E-state index contributed by atoms with van der Waals surface area (Å²) in [7, 11) is 1.87. The summed E-state index contributed by atoms with van der Waals surface area (Å²) in [6.45, 7) is 0.670. The zero-order valence-electron chi connectivity index (χ0n) is 9.02. The number of aromatic nitrogens is 2. The molecule has 1 heterocycles. The van der Waals surface area contributed by atoms with E-state index in [0.29, 0.717) is 16.6 Å². The van der Waals surface area contributed by atoms with Crippen LogP contribution >= 0.6 is 39.1 Å². The number of nitrogens with one attached hydrogen (secondary N) is 2. The Morgan fingerprint density at radius 1 is 1.41 bits per heavy atom. The first kappa shape index (κ1) is 12.9. The van der Waals surface area contributed by atoms with Crippen LogP contribution in [0.3, 0.4) is 0 Å². The third-order valence-electron chi connectivity index (χ3n) is 2.24. The van der Waals surface area contributed by atoms with Crippen molar-refractivity contribution < 1.29 is 0 Å². The van der Waals surface area contributed by atoms with Crippen LogP contribution in [0.2, 0.25) is 10.0 Å². The predicted molar refractivity (Wildman–Crippen MR) is 74.5 cm³/mol. The van der Waals surface area contributed by atoms with E-state index in [1.165, 1.54) is 0 Å². The van der Waals surface area contributed by atoms with Gasteiger partial charge >= 0.3 is 0 Å². The average Bonchev–Trinajstić information content (AvgIpc) is 2.60. The lowest BCUT2D eigenvalue weighted by atomic mass is 10.2. The Hall–Kier alpha value is -0.550. The molecule has 2 rings (SSSR count). The minimum Gasteiger partial charge on any atom is -0.335 e. The molecule has 0 saturated carbocycles. The number of rotatable bonds is 3. The smallest absolute Gasteiger partial charge is 0.121 e. The van der Waals surface area contributed by atoms with Crippen LogP contribution < -0.4 is 5.32 Å². The van der Waals surface area contributed by atoms with E-state index in [4.69, 9.17) is 23.2 Å². The summed E-state index contributed by atoms with van der Waals surface area (Å²) >= 11 is 15.5. The molecule has 0 saturated heterocycles. The lowest BCUT2D eigenvalue weighted by Gasteiger charge is -2.01. The maximum Gasteiger partial charge on any atom is 0.121 e. The van der Waals surface area contributed by atoms with Gasteiger partial charge in [0.1, 0.15) is 16.1 Å². The Bertz CT molecular complexity index is 540. The molecule has 0 bridgehead atoms. The van der Waals surface area contributed by atoms with Crippen molar-refractivity contribution in [3.63, 3.8) is 0 Å². The first-order chi connectivity index (χ1) is 8.11. The van der Waals surface area contributed by atoms with E-state index in [-0.39, 0.29) is 0 Å². The van der Waals surface area contributed by atoms with Gasteiger partial charge in [-0.3, -0.25) is 0 Å². The van der Waals surface area contributed by atoms with Gasteiger partial charge in [0.2, 0.25) is 0 Å². The minimum atomic E-state index is 0.584.